The monoisotopic (exact) mass is 217 g/mol. The molecule has 1 saturated heterocycles. The topological polar surface area (TPSA) is 29.1 Å². The summed E-state index contributed by atoms with van der Waals surface area (Å²) in [5, 5.41) is 3.33. The van der Waals surface area contributed by atoms with Gasteiger partial charge in [-0.05, 0) is 26.2 Å². The van der Waals surface area contributed by atoms with Gasteiger partial charge in [0.1, 0.15) is 0 Å². The van der Waals surface area contributed by atoms with E-state index in [4.69, 9.17) is 0 Å². The Balaban J connectivity index is 0.00000169. The van der Waals surface area contributed by atoms with E-state index in [1.54, 1.807) is 6.08 Å². The Morgan fingerprint density at radius 2 is 2.21 bits per heavy atom. The largest absolute Gasteiger partial charge is 0.305 e. The van der Waals surface area contributed by atoms with Crippen molar-refractivity contribution in [3.8, 4) is 0 Å². The average Bonchev–Trinajstić information content (AvgIpc) is 2.15. The van der Waals surface area contributed by atoms with E-state index in [2.05, 4.69) is 18.8 Å². The maximum Gasteiger partial charge on any atom is 0.156 e. The second kappa shape index (κ2) is 6.20. The molecule has 0 aromatic rings. The van der Waals surface area contributed by atoms with Gasteiger partial charge in [-0.25, -0.2) is 0 Å². The zero-order chi connectivity index (χ0) is 9.84. The first-order valence-corrected chi connectivity index (χ1v) is 5.07. The molecule has 3 unspecified atom stereocenters. The molecule has 0 saturated carbocycles. The molecule has 1 aliphatic heterocycles. The van der Waals surface area contributed by atoms with Crippen molar-refractivity contribution < 1.29 is 4.79 Å². The third-order valence-electron chi connectivity index (χ3n) is 2.76. The first-order valence-electron chi connectivity index (χ1n) is 5.07. The lowest BCUT2D eigenvalue weighted by molar-refractivity contribution is -0.123. The first-order chi connectivity index (χ1) is 6.15. The van der Waals surface area contributed by atoms with Gasteiger partial charge in [-0.2, -0.15) is 0 Å². The molecule has 0 aliphatic carbocycles. The fourth-order valence-corrected chi connectivity index (χ4v) is 1.80. The maximum absolute atomic E-state index is 11.7. The molecule has 3 heteroatoms. The van der Waals surface area contributed by atoms with Crippen LogP contribution in [0.4, 0.5) is 0 Å². The second-order valence-corrected chi connectivity index (χ2v) is 3.98. The van der Waals surface area contributed by atoms with Gasteiger partial charge in [0.2, 0.25) is 0 Å². The normalized spacial score (nSPS) is 28.7. The number of rotatable bonds is 3. The standard InChI is InChI=1S/C11H19NO.ClH/c1-4-8(2)11(13)10-7-5-6-9(3)12-10;/h4,8-10,12H,1,5-7H2,2-3H3;1H. The number of piperidine rings is 1. The molecule has 1 N–H and O–H groups in total. The molecular formula is C11H20ClNO. The zero-order valence-corrected chi connectivity index (χ0v) is 9.77. The molecule has 1 rings (SSSR count). The first kappa shape index (κ1) is 13.7. The van der Waals surface area contributed by atoms with Gasteiger partial charge in [0.25, 0.3) is 0 Å². The number of halogens is 1. The summed E-state index contributed by atoms with van der Waals surface area (Å²) in [5.74, 6) is 0.282. The van der Waals surface area contributed by atoms with E-state index in [1.165, 1.54) is 6.42 Å². The molecule has 0 amide bonds. The van der Waals surface area contributed by atoms with E-state index in [-0.39, 0.29) is 24.4 Å². The minimum Gasteiger partial charge on any atom is -0.305 e. The summed E-state index contributed by atoms with van der Waals surface area (Å²) in [4.78, 5) is 11.7. The van der Waals surface area contributed by atoms with Crippen molar-refractivity contribution in [1.82, 2.24) is 5.32 Å². The summed E-state index contributed by atoms with van der Waals surface area (Å²) in [6, 6.07) is 0.552. The van der Waals surface area contributed by atoms with Gasteiger partial charge in [-0.3, -0.25) is 4.79 Å². The number of allylic oxidation sites excluding steroid dienone is 1. The average molecular weight is 218 g/mol. The van der Waals surface area contributed by atoms with Crippen LogP contribution in [-0.4, -0.2) is 17.9 Å². The predicted octanol–water partition coefficient (Wildman–Crippen LogP) is 2.33. The van der Waals surface area contributed by atoms with E-state index in [0.29, 0.717) is 11.8 Å². The van der Waals surface area contributed by atoms with Crippen LogP contribution in [0.2, 0.25) is 0 Å². The molecule has 0 aromatic heterocycles. The molecule has 0 bridgehead atoms. The molecule has 1 heterocycles. The molecule has 2 nitrogen and oxygen atoms in total. The van der Waals surface area contributed by atoms with E-state index in [1.807, 2.05) is 6.92 Å². The van der Waals surface area contributed by atoms with Gasteiger partial charge in [0.15, 0.2) is 5.78 Å². The summed E-state index contributed by atoms with van der Waals surface area (Å²) in [7, 11) is 0. The third-order valence-corrected chi connectivity index (χ3v) is 2.76. The summed E-state index contributed by atoms with van der Waals surface area (Å²) >= 11 is 0. The van der Waals surface area contributed by atoms with Crippen LogP contribution < -0.4 is 5.32 Å². The lowest BCUT2D eigenvalue weighted by atomic mass is 9.91. The maximum atomic E-state index is 11.7. The number of nitrogens with one attached hydrogen (secondary N) is 1. The van der Waals surface area contributed by atoms with Crippen LogP contribution in [0.3, 0.4) is 0 Å². The van der Waals surface area contributed by atoms with Crippen LogP contribution in [0.25, 0.3) is 0 Å². The van der Waals surface area contributed by atoms with Crippen LogP contribution in [0.1, 0.15) is 33.1 Å². The molecule has 0 spiro atoms. The Kier molecular flexibility index (Phi) is 6.05. The Morgan fingerprint density at radius 3 is 2.71 bits per heavy atom. The molecule has 82 valence electrons. The van der Waals surface area contributed by atoms with Gasteiger partial charge in [-0.1, -0.05) is 13.0 Å². The SMILES string of the molecule is C=CC(C)C(=O)C1CCCC(C)N1.Cl. The molecule has 1 aliphatic rings. The van der Waals surface area contributed by atoms with Crippen molar-refractivity contribution in [3.63, 3.8) is 0 Å². The second-order valence-electron chi connectivity index (χ2n) is 3.98. The van der Waals surface area contributed by atoms with Gasteiger partial charge in [-0.15, -0.1) is 19.0 Å². The Morgan fingerprint density at radius 1 is 1.57 bits per heavy atom. The fraction of sp³-hybridized carbons (Fsp3) is 0.727. The Bertz CT molecular complexity index is 205. The van der Waals surface area contributed by atoms with Crippen molar-refractivity contribution in [2.24, 2.45) is 5.92 Å². The number of carbonyl (C=O) groups excluding carboxylic acids is 1. The van der Waals surface area contributed by atoms with Crippen molar-refractivity contribution in [2.45, 2.75) is 45.2 Å². The summed E-state index contributed by atoms with van der Waals surface area (Å²) < 4.78 is 0. The molecular weight excluding hydrogens is 198 g/mol. The van der Waals surface area contributed by atoms with E-state index >= 15 is 0 Å². The molecule has 3 atom stereocenters. The highest BCUT2D eigenvalue weighted by Gasteiger charge is 2.25. The zero-order valence-electron chi connectivity index (χ0n) is 8.95. The van der Waals surface area contributed by atoms with E-state index in [9.17, 15) is 4.79 Å². The lowest BCUT2D eigenvalue weighted by Crippen LogP contribution is -2.46. The minimum atomic E-state index is -0.0113. The molecule has 0 radical (unpaired) electrons. The summed E-state index contributed by atoms with van der Waals surface area (Å²) in [6.45, 7) is 7.70. The van der Waals surface area contributed by atoms with Gasteiger partial charge >= 0.3 is 0 Å². The minimum absolute atomic E-state index is 0. The number of hydrogen-bond donors (Lipinski definition) is 1. The highest BCUT2D eigenvalue weighted by Crippen LogP contribution is 2.16. The molecule has 14 heavy (non-hydrogen) atoms. The Hall–Kier alpha value is -0.340. The van der Waals surface area contributed by atoms with Gasteiger partial charge < -0.3 is 5.32 Å². The van der Waals surface area contributed by atoms with Crippen LogP contribution in [0.5, 0.6) is 0 Å². The van der Waals surface area contributed by atoms with Crippen molar-refractivity contribution in [1.29, 1.82) is 0 Å². The summed E-state index contributed by atoms with van der Waals surface area (Å²) in [5.41, 5.74) is 0. The smallest absolute Gasteiger partial charge is 0.156 e. The van der Waals surface area contributed by atoms with Gasteiger partial charge in [0.05, 0.1) is 6.04 Å². The number of hydrogen-bond acceptors (Lipinski definition) is 2. The predicted molar refractivity (Wildman–Crippen MR) is 61.9 cm³/mol. The van der Waals surface area contributed by atoms with Crippen LogP contribution >= 0.6 is 12.4 Å². The quantitative estimate of drug-likeness (QED) is 0.736. The highest BCUT2D eigenvalue weighted by atomic mass is 35.5. The molecule has 1 fully saturated rings. The van der Waals surface area contributed by atoms with Gasteiger partial charge in [0, 0.05) is 12.0 Å². The van der Waals surface area contributed by atoms with Crippen LogP contribution in [0, 0.1) is 5.92 Å². The van der Waals surface area contributed by atoms with Crippen LogP contribution in [0.15, 0.2) is 12.7 Å². The van der Waals surface area contributed by atoms with E-state index in [0.717, 1.165) is 12.8 Å². The lowest BCUT2D eigenvalue weighted by Gasteiger charge is -2.28. The van der Waals surface area contributed by atoms with Crippen molar-refractivity contribution in [2.75, 3.05) is 0 Å². The van der Waals surface area contributed by atoms with Crippen molar-refractivity contribution >= 4 is 18.2 Å². The van der Waals surface area contributed by atoms with Crippen molar-refractivity contribution in [3.05, 3.63) is 12.7 Å². The van der Waals surface area contributed by atoms with E-state index < -0.39 is 0 Å². The summed E-state index contributed by atoms with van der Waals surface area (Å²) in [6.07, 6.45) is 5.06. The highest BCUT2D eigenvalue weighted by molar-refractivity contribution is 5.87. The number of Topliss-reactive ketones (excluding diaryl/α,β-unsaturated/α-hetero) is 1. The number of ketones is 1. The van der Waals surface area contributed by atoms with Crippen LogP contribution in [-0.2, 0) is 4.79 Å². The number of carbonyl (C=O) groups is 1. The fourth-order valence-electron chi connectivity index (χ4n) is 1.80. The Labute approximate surface area is 92.6 Å². The third kappa shape index (κ3) is 3.43. The molecule has 0 aromatic carbocycles.